The van der Waals surface area contributed by atoms with Gasteiger partial charge in [0.1, 0.15) is 0 Å². The average molecular weight is 228 g/mol. The Morgan fingerprint density at radius 1 is 1.00 bits per heavy atom. The van der Waals surface area contributed by atoms with Gasteiger partial charge in [0.15, 0.2) is 0 Å². The highest BCUT2D eigenvalue weighted by Gasteiger charge is 2.33. The molecule has 0 radical (unpaired) electrons. The van der Waals surface area contributed by atoms with Crippen LogP contribution < -0.4 is 5.73 Å². The van der Waals surface area contributed by atoms with Crippen LogP contribution in [0.25, 0.3) is 0 Å². The molecule has 98 valence electrons. The van der Waals surface area contributed by atoms with Gasteiger partial charge in [0.05, 0.1) is 0 Å². The third-order valence-electron chi connectivity index (χ3n) is 3.17. The number of rotatable bonds is 7. The number of hydrogen-bond donors (Lipinski definition) is 1. The van der Waals surface area contributed by atoms with Gasteiger partial charge in [-0.2, -0.15) is 0 Å². The maximum Gasteiger partial charge on any atom is 0.0308 e. The van der Waals surface area contributed by atoms with Crippen LogP contribution in [0.15, 0.2) is 0 Å². The molecule has 0 aromatic rings. The molecule has 0 aromatic heterocycles. The molecular formula is C14H32N2. The molecule has 0 saturated heterocycles. The molecule has 1 unspecified atom stereocenters. The Kier molecular flexibility index (Phi) is 6.57. The lowest BCUT2D eigenvalue weighted by atomic mass is 9.87. The quantitative estimate of drug-likeness (QED) is 0.725. The molecule has 0 rings (SSSR count). The first-order valence-corrected chi connectivity index (χ1v) is 6.69. The van der Waals surface area contributed by atoms with Crippen LogP contribution in [0.2, 0.25) is 0 Å². The SMILES string of the molecule is CC(C)CN(C(C)C)C(C)(CN)CC(C)C. The summed E-state index contributed by atoms with van der Waals surface area (Å²) in [5.41, 5.74) is 6.17. The van der Waals surface area contributed by atoms with Gasteiger partial charge in [-0.3, -0.25) is 4.90 Å². The van der Waals surface area contributed by atoms with Crippen LogP contribution in [-0.4, -0.2) is 29.6 Å². The third-order valence-corrected chi connectivity index (χ3v) is 3.17. The minimum absolute atomic E-state index is 0.145. The van der Waals surface area contributed by atoms with Crippen LogP contribution in [-0.2, 0) is 0 Å². The zero-order valence-electron chi connectivity index (χ0n) is 12.4. The Bertz CT molecular complexity index is 187. The van der Waals surface area contributed by atoms with E-state index in [9.17, 15) is 0 Å². The van der Waals surface area contributed by atoms with E-state index in [4.69, 9.17) is 5.73 Å². The fourth-order valence-corrected chi connectivity index (χ4v) is 2.65. The van der Waals surface area contributed by atoms with E-state index in [0.717, 1.165) is 13.1 Å². The minimum atomic E-state index is 0.145. The zero-order valence-corrected chi connectivity index (χ0v) is 12.4. The number of nitrogens with zero attached hydrogens (tertiary/aromatic N) is 1. The average Bonchev–Trinajstić information content (AvgIpc) is 2.12. The summed E-state index contributed by atoms with van der Waals surface area (Å²) in [5, 5.41) is 0. The topological polar surface area (TPSA) is 29.3 Å². The minimum Gasteiger partial charge on any atom is -0.329 e. The van der Waals surface area contributed by atoms with Crippen molar-refractivity contribution in [3.63, 3.8) is 0 Å². The zero-order chi connectivity index (χ0) is 12.9. The molecule has 2 nitrogen and oxygen atoms in total. The van der Waals surface area contributed by atoms with Gasteiger partial charge < -0.3 is 5.73 Å². The lowest BCUT2D eigenvalue weighted by Gasteiger charge is -2.45. The maximum absolute atomic E-state index is 6.03. The van der Waals surface area contributed by atoms with Gasteiger partial charge in [0, 0.05) is 24.7 Å². The van der Waals surface area contributed by atoms with Crippen molar-refractivity contribution in [3.05, 3.63) is 0 Å². The van der Waals surface area contributed by atoms with Crippen LogP contribution in [0, 0.1) is 11.8 Å². The lowest BCUT2D eigenvalue weighted by Crippen LogP contribution is -2.56. The monoisotopic (exact) mass is 228 g/mol. The summed E-state index contributed by atoms with van der Waals surface area (Å²) >= 11 is 0. The number of hydrogen-bond acceptors (Lipinski definition) is 2. The van der Waals surface area contributed by atoms with Crippen molar-refractivity contribution < 1.29 is 0 Å². The van der Waals surface area contributed by atoms with E-state index in [1.807, 2.05) is 0 Å². The highest BCUT2D eigenvalue weighted by atomic mass is 15.2. The summed E-state index contributed by atoms with van der Waals surface area (Å²) in [4.78, 5) is 2.58. The molecule has 2 heteroatoms. The Morgan fingerprint density at radius 3 is 1.75 bits per heavy atom. The Labute approximate surface area is 103 Å². The van der Waals surface area contributed by atoms with Crippen LogP contribution in [0.5, 0.6) is 0 Å². The molecule has 0 aromatic carbocycles. The van der Waals surface area contributed by atoms with E-state index in [1.165, 1.54) is 6.42 Å². The molecule has 2 N–H and O–H groups in total. The van der Waals surface area contributed by atoms with Crippen molar-refractivity contribution in [1.82, 2.24) is 4.90 Å². The van der Waals surface area contributed by atoms with Gasteiger partial charge in [-0.05, 0) is 39.0 Å². The van der Waals surface area contributed by atoms with Crippen LogP contribution >= 0.6 is 0 Å². The van der Waals surface area contributed by atoms with E-state index >= 15 is 0 Å². The molecular weight excluding hydrogens is 196 g/mol. The normalized spacial score (nSPS) is 16.5. The smallest absolute Gasteiger partial charge is 0.0308 e. The van der Waals surface area contributed by atoms with E-state index in [0.29, 0.717) is 17.9 Å². The number of nitrogens with two attached hydrogens (primary N) is 1. The third kappa shape index (κ3) is 4.84. The molecule has 0 fully saturated rings. The van der Waals surface area contributed by atoms with Crippen LogP contribution in [0.4, 0.5) is 0 Å². The van der Waals surface area contributed by atoms with Crippen molar-refractivity contribution in [2.75, 3.05) is 13.1 Å². The molecule has 0 spiro atoms. The summed E-state index contributed by atoms with van der Waals surface area (Å²) in [6.07, 6.45) is 1.18. The molecule has 0 saturated carbocycles. The standard InChI is InChI=1S/C14H32N2/c1-11(2)8-14(7,10-15)16(13(5)6)9-12(3)4/h11-13H,8-10,15H2,1-7H3. The Hall–Kier alpha value is -0.0800. The van der Waals surface area contributed by atoms with Crippen molar-refractivity contribution in [2.45, 2.75) is 66.5 Å². The largest absolute Gasteiger partial charge is 0.329 e. The van der Waals surface area contributed by atoms with Crippen molar-refractivity contribution in [1.29, 1.82) is 0 Å². The summed E-state index contributed by atoms with van der Waals surface area (Å²) in [6.45, 7) is 17.9. The van der Waals surface area contributed by atoms with E-state index in [-0.39, 0.29) is 5.54 Å². The van der Waals surface area contributed by atoms with Crippen LogP contribution in [0.3, 0.4) is 0 Å². The molecule has 0 aliphatic heterocycles. The summed E-state index contributed by atoms with van der Waals surface area (Å²) in [5.74, 6) is 1.39. The first-order valence-electron chi connectivity index (χ1n) is 6.69. The van der Waals surface area contributed by atoms with Crippen molar-refractivity contribution >= 4 is 0 Å². The van der Waals surface area contributed by atoms with E-state index in [2.05, 4.69) is 53.4 Å². The molecule has 16 heavy (non-hydrogen) atoms. The molecule has 0 aliphatic rings. The van der Waals surface area contributed by atoms with E-state index < -0.39 is 0 Å². The van der Waals surface area contributed by atoms with Gasteiger partial charge in [-0.1, -0.05) is 27.7 Å². The molecule has 0 amide bonds. The predicted molar refractivity (Wildman–Crippen MR) is 73.6 cm³/mol. The predicted octanol–water partition coefficient (Wildman–Crippen LogP) is 3.12. The van der Waals surface area contributed by atoms with Gasteiger partial charge in [0.2, 0.25) is 0 Å². The Balaban J connectivity index is 4.81. The second-order valence-corrected chi connectivity index (χ2v) is 6.44. The second-order valence-electron chi connectivity index (χ2n) is 6.44. The summed E-state index contributed by atoms with van der Waals surface area (Å²) in [6, 6.07) is 0.565. The molecule has 0 heterocycles. The van der Waals surface area contributed by atoms with Crippen molar-refractivity contribution in [2.24, 2.45) is 17.6 Å². The first-order chi connectivity index (χ1) is 7.23. The van der Waals surface area contributed by atoms with Gasteiger partial charge in [-0.25, -0.2) is 0 Å². The highest BCUT2D eigenvalue weighted by Crippen LogP contribution is 2.26. The molecule has 0 bridgehead atoms. The fourth-order valence-electron chi connectivity index (χ4n) is 2.65. The maximum atomic E-state index is 6.03. The second kappa shape index (κ2) is 6.61. The highest BCUT2D eigenvalue weighted by molar-refractivity contribution is 4.90. The molecule has 1 atom stereocenters. The summed E-state index contributed by atoms with van der Waals surface area (Å²) in [7, 11) is 0. The summed E-state index contributed by atoms with van der Waals surface area (Å²) < 4.78 is 0. The lowest BCUT2D eigenvalue weighted by molar-refractivity contribution is 0.0467. The fraction of sp³-hybridized carbons (Fsp3) is 1.00. The van der Waals surface area contributed by atoms with Gasteiger partial charge >= 0.3 is 0 Å². The van der Waals surface area contributed by atoms with Gasteiger partial charge in [0.25, 0.3) is 0 Å². The van der Waals surface area contributed by atoms with Crippen LogP contribution in [0.1, 0.15) is 54.9 Å². The Morgan fingerprint density at radius 2 is 1.50 bits per heavy atom. The van der Waals surface area contributed by atoms with Gasteiger partial charge in [-0.15, -0.1) is 0 Å². The van der Waals surface area contributed by atoms with Crippen molar-refractivity contribution in [3.8, 4) is 0 Å². The van der Waals surface area contributed by atoms with E-state index in [1.54, 1.807) is 0 Å². The first kappa shape index (κ1) is 15.9. The molecule has 0 aliphatic carbocycles.